The van der Waals surface area contributed by atoms with E-state index in [0.29, 0.717) is 23.0 Å². The average Bonchev–Trinajstić information content (AvgIpc) is 3.07. The van der Waals surface area contributed by atoms with Crippen LogP contribution in [0.15, 0.2) is 4.99 Å². The van der Waals surface area contributed by atoms with Crippen molar-refractivity contribution in [1.82, 2.24) is 10.2 Å². The van der Waals surface area contributed by atoms with Crippen molar-refractivity contribution in [2.45, 2.75) is 70.4 Å². The second kappa shape index (κ2) is 5.11. The van der Waals surface area contributed by atoms with E-state index < -0.39 is 0 Å². The zero-order valence-corrected chi connectivity index (χ0v) is 14.5. The standard InChI is InChI=1S/C19H31N3O/c1-2-20-17(22-11-10-18(13-22)6-3-7-18)21-15-14-5-12-23-16(14)19(15)8-4-9-19/h14-16H,2-13H2,1H3,(H,20,21). The number of hydrogen-bond donors (Lipinski definition) is 1. The third-order valence-electron chi connectivity index (χ3n) is 7.78. The molecule has 2 spiro atoms. The summed E-state index contributed by atoms with van der Waals surface area (Å²) in [5, 5.41) is 3.94. The lowest BCUT2D eigenvalue weighted by atomic mass is 9.46. The van der Waals surface area contributed by atoms with Gasteiger partial charge in [0.2, 0.25) is 0 Å². The van der Waals surface area contributed by atoms with E-state index >= 15 is 0 Å². The summed E-state index contributed by atoms with van der Waals surface area (Å²) in [6.07, 6.45) is 11.6. The van der Waals surface area contributed by atoms with Crippen LogP contribution in [0.1, 0.15) is 58.3 Å². The monoisotopic (exact) mass is 317 g/mol. The second-order valence-electron chi connectivity index (χ2n) is 8.78. The highest BCUT2D eigenvalue weighted by Crippen LogP contribution is 2.62. The molecule has 3 atom stereocenters. The van der Waals surface area contributed by atoms with Crippen molar-refractivity contribution in [2.75, 3.05) is 26.2 Å². The summed E-state index contributed by atoms with van der Waals surface area (Å²) in [7, 11) is 0. The maximum Gasteiger partial charge on any atom is 0.194 e. The maximum absolute atomic E-state index is 6.07. The summed E-state index contributed by atoms with van der Waals surface area (Å²) in [6, 6.07) is 0.618. The Balaban J connectivity index is 1.32. The zero-order chi connectivity index (χ0) is 15.5. The van der Waals surface area contributed by atoms with E-state index in [1.54, 1.807) is 0 Å². The number of likely N-dealkylation sites (tertiary alicyclic amines) is 1. The Morgan fingerprint density at radius 3 is 2.65 bits per heavy atom. The number of ether oxygens (including phenoxy) is 1. The summed E-state index contributed by atoms with van der Waals surface area (Å²) >= 11 is 0. The minimum atomic E-state index is 0.448. The van der Waals surface area contributed by atoms with Crippen molar-refractivity contribution in [3.05, 3.63) is 0 Å². The number of aliphatic imine (C=N–C) groups is 1. The number of nitrogens with one attached hydrogen (secondary N) is 1. The van der Waals surface area contributed by atoms with Crippen LogP contribution in [0, 0.1) is 16.7 Å². The normalized spacial score (nSPS) is 39.8. The van der Waals surface area contributed by atoms with Gasteiger partial charge in [-0.25, -0.2) is 0 Å². The molecule has 2 saturated heterocycles. The lowest BCUT2D eigenvalue weighted by Gasteiger charge is -2.63. The molecule has 0 amide bonds. The molecule has 23 heavy (non-hydrogen) atoms. The number of fused-ring (bicyclic) bond motifs is 2. The summed E-state index contributed by atoms with van der Waals surface area (Å²) in [5.74, 6) is 1.94. The van der Waals surface area contributed by atoms with Crippen molar-refractivity contribution in [2.24, 2.45) is 21.7 Å². The van der Waals surface area contributed by atoms with Crippen LogP contribution in [0.3, 0.4) is 0 Å². The summed E-state index contributed by atoms with van der Waals surface area (Å²) in [6.45, 7) is 6.47. The van der Waals surface area contributed by atoms with Gasteiger partial charge in [-0.1, -0.05) is 12.8 Å². The second-order valence-corrected chi connectivity index (χ2v) is 8.78. The van der Waals surface area contributed by atoms with Gasteiger partial charge in [0, 0.05) is 43.6 Å². The van der Waals surface area contributed by atoms with Crippen molar-refractivity contribution in [1.29, 1.82) is 0 Å². The van der Waals surface area contributed by atoms with Crippen LogP contribution < -0.4 is 5.32 Å². The Morgan fingerprint density at radius 1 is 1.22 bits per heavy atom. The van der Waals surface area contributed by atoms with Crippen LogP contribution in [-0.2, 0) is 4.74 Å². The van der Waals surface area contributed by atoms with Gasteiger partial charge in [0.15, 0.2) is 5.96 Å². The van der Waals surface area contributed by atoms with Crippen molar-refractivity contribution in [3.63, 3.8) is 0 Å². The first-order chi connectivity index (χ1) is 11.3. The predicted molar refractivity (Wildman–Crippen MR) is 91.5 cm³/mol. The third kappa shape index (κ3) is 1.96. The predicted octanol–water partition coefficient (Wildman–Crippen LogP) is 2.79. The molecule has 0 aromatic heterocycles. The molecule has 5 fully saturated rings. The molecule has 4 nitrogen and oxygen atoms in total. The molecule has 2 aliphatic heterocycles. The van der Waals surface area contributed by atoms with Gasteiger partial charge < -0.3 is 15.0 Å². The van der Waals surface area contributed by atoms with Crippen LogP contribution in [-0.4, -0.2) is 49.2 Å². The Kier molecular flexibility index (Phi) is 3.24. The van der Waals surface area contributed by atoms with E-state index in [1.807, 2.05) is 0 Å². The molecular formula is C19H31N3O. The topological polar surface area (TPSA) is 36.9 Å². The molecular weight excluding hydrogens is 286 g/mol. The van der Waals surface area contributed by atoms with Gasteiger partial charge in [-0.05, 0) is 50.9 Å². The lowest BCUT2D eigenvalue weighted by Crippen LogP contribution is -2.72. The molecule has 2 heterocycles. The van der Waals surface area contributed by atoms with Gasteiger partial charge in [-0.15, -0.1) is 0 Å². The Labute approximate surface area is 140 Å². The summed E-state index contributed by atoms with van der Waals surface area (Å²) < 4.78 is 6.07. The average molecular weight is 317 g/mol. The van der Waals surface area contributed by atoms with Gasteiger partial charge in [-0.3, -0.25) is 4.99 Å². The molecule has 128 valence electrons. The van der Waals surface area contributed by atoms with E-state index in [9.17, 15) is 0 Å². The molecule has 5 rings (SSSR count). The van der Waals surface area contributed by atoms with Gasteiger partial charge in [0.1, 0.15) is 0 Å². The molecule has 4 heteroatoms. The highest BCUT2D eigenvalue weighted by molar-refractivity contribution is 5.81. The van der Waals surface area contributed by atoms with E-state index in [-0.39, 0.29) is 0 Å². The third-order valence-corrected chi connectivity index (χ3v) is 7.78. The molecule has 3 aliphatic carbocycles. The quantitative estimate of drug-likeness (QED) is 0.628. The fourth-order valence-corrected chi connectivity index (χ4v) is 6.18. The fraction of sp³-hybridized carbons (Fsp3) is 0.947. The maximum atomic E-state index is 6.07. The molecule has 0 aromatic rings. The zero-order valence-electron chi connectivity index (χ0n) is 14.5. The molecule has 3 saturated carbocycles. The fourth-order valence-electron chi connectivity index (χ4n) is 6.18. The van der Waals surface area contributed by atoms with Crippen LogP contribution in [0.4, 0.5) is 0 Å². The Morgan fingerprint density at radius 2 is 2.04 bits per heavy atom. The van der Waals surface area contributed by atoms with Crippen molar-refractivity contribution in [3.8, 4) is 0 Å². The van der Waals surface area contributed by atoms with E-state index in [4.69, 9.17) is 9.73 Å². The molecule has 0 aromatic carbocycles. The van der Waals surface area contributed by atoms with E-state index in [0.717, 1.165) is 19.1 Å². The summed E-state index contributed by atoms with van der Waals surface area (Å²) in [5.41, 5.74) is 1.09. The molecule has 1 N–H and O–H groups in total. The van der Waals surface area contributed by atoms with Crippen LogP contribution in [0.25, 0.3) is 0 Å². The Bertz CT molecular complexity index is 509. The highest BCUT2D eigenvalue weighted by atomic mass is 16.5. The minimum absolute atomic E-state index is 0.448. The first-order valence-electron chi connectivity index (χ1n) is 9.94. The molecule has 5 aliphatic rings. The number of hydrogen-bond acceptors (Lipinski definition) is 2. The van der Waals surface area contributed by atoms with Gasteiger partial charge in [0.05, 0.1) is 6.10 Å². The minimum Gasteiger partial charge on any atom is -0.377 e. The van der Waals surface area contributed by atoms with Crippen molar-refractivity contribution >= 4 is 5.96 Å². The molecule has 3 unspecified atom stereocenters. The first kappa shape index (κ1) is 14.6. The van der Waals surface area contributed by atoms with Crippen LogP contribution in [0.2, 0.25) is 0 Å². The Hall–Kier alpha value is -0.770. The smallest absolute Gasteiger partial charge is 0.194 e. The van der Waals surface area contributed by atoms with Crippen molar-refractivity contribution < 1.29 is 4.74 Å². The van der Waals surface area contributed by atoms with Crippen LogP contribution in [0.5, 0.6) is 0 Å². The van der Waals surface area contributed by atoms with Gasteiger partial charge in [0.25, 0.3) is 0 Å². The molecule has 0 bridgehead atoms. The number of rotatable bonds is 2. The van der Waals surface area contributed by atoms with Crippen LogP contribution >= 0.6 is 0 Å². The van der Waals surface area contributed by atoms with E-state index in [2.05, 4.69) is 17.1 Å². The van der Waals surface area contributed by atoms with Gasteiger partial charge >= 0.3 is 0 Å². The highest BCUT2D eigenvalue weighted by Gasteiger charge is 2.67. The lowest BCUT2D eigenvalue weighted by molar-refractivity contribution is -0.171. The summed E-state index contributed by atoms with van der Waals surface area (Å²) in [4.78, 5) is 7.45. The SMILES string of the molecule is CCN=C(NC1C2CCOC2C12CCC2)N1CCC2(CCC2)C1. The molecule has 0 radical (unpaired) electrons. The van der Waals surface area contributed by atoms with E-state index in [1.165, 1.54) is 70.4 Å². The first-order valence-corrected chi connectivity index (χ1v) is 9.94. The van der Waals surface area contributed by atoms with Gasteiger partial charge in [-0.2, -0.15) is 0 Å². The largest absolute Gasteiger partial charge is 0.377 e. The number of guanidine groups is 1. The number of nitrogens with zero attached hydrogens (tertiary/aromatic N) is 2.